The molecule has 0 saturated carbocycles. The largest absolute Gasteiger partial charge is 0.452 e. The second kappa shape index (κ2) is 10.2. The molecule has 1 aromatic heterocycles. The molecule has 0 aliphatic rings. The third-order valence-corrected chi connectivity index (χ3v) is 7.66. The Morgan fingerprint density at radius 1 is 0.969 bits per heavy atom. The van der Waals surface area contributed by atoms with Crippen LogP contribution in [0.2, 0.25) is 4.34 Å². The van der Waals surface area contributed by atoms with E-state index in [-0.39, 0.29) is 16.4 Å². The Morgan fingerprint density at radius 2 is 1.62 bits per heavy atom. The second-order valence-corrected chi connectivity index (χ2v) is 10.6. The fourth-order valence-corrected chi connectivity index (χ4v) is 5.11. The van der Waals surface area contributed by atoms with E-state index in [1.165, 1.54) is 47.5 Å². The minimum Gasteiger partial charge on any atom is -0.452 e. The van der Waals surface area contributed by atoms with Crippen molar-refractivity contribution in [2.24, 2.45) is 0 Å². The molecule has 1 amide bonds. The van der Waals surface area contributed by atoms with Gasteiger partial charge in [0, 0.05) is 19.0 Å². The van der Waals surface area contributed by atoms with Gasteiger partial charge in [-0.15, -0.1) is 11.3 Å². The maximum atomic E-state index is 12.8. The fraction of sp³-hybridized carbons (Fsp3) is 0.182. The number of esters is 1. The van der Waals surface area contributed by atoms with Crippen molar-refractivity contribution in [1.29, 1.82) is 0 Å². The van der Waals surface area contributed by atoms with Crippen LogP contribution < -0.4 is 4.31 Å². The number of rotatable bonds is 8. The highest BCUT2D eigenvalue weighted by Crippen LogP contribution is 2.23. The summed E-state index contributed by atoms with van der Waals surface area (Å²) in [6, 6.07) is 17.6. The van der Waals surface area contributed by atoms with Gasteiger partial charge in [-0.2, -0.15) is 0 Å². The van der Waals surface area contributed by atoms with Gasteiger partial charge in [0.1, 0.15) is 0 Å². The Labute approximate surface area is 195 Å². The summed E-state index contributed by atoms with van der Waals surface area (Å²) < 4.78 is 32.5. The molecular weight excluding hydrogens is 472 g/mol. The van der Waals surface area contributed by atoms with Crippen molar-refractivity contribution in [1.82, 2.24) is 4.90 Å². The van der Waals surface area contributed by atoms with Crippen LogP contribution in [0.15, 0.2) is 71.6 Å². The zero-order valence-electron chi connectivity index (χ0n) is 17.4. The highest BCUT2D eigenvalue weighted by molar-refractivity contribution is 7.92. The lowest BCUT2D eigenvalue weighted by Crippen LogP contribution is -2.30. The van der Waals surface area contributed by atoms with E-state index in [0.717, 1.165) is 9.18 Å². The Kier molecular flexibility index (Phi) is 7.55. The van der Waals surface area contributed by atoms with Gasteiger partial charge in [0.15, 0.2) is 6.61 Å². The van der Waals surface area contributed by atoms with E-state index in [4.69, 9.17) is 16.3 Å². The zero-order chi connectivity index (χ0) is 23.3. The molecule has 3 aromatic rings. The maximum Gasteiger partial charge on any atom is 0.338 e. The van der Waals surface area contributed by atoms with Gasteiger partial charge in [0.05, 0.1) is 27.0 Å². The van der Waals surface area contributed by atoms with Crippen molar-refractivity contribution < 1.29 is 22.7 Å². The molecule has 0 saturated heterocycles. The van der Waals surface area contributed by atoms with Gasteiger partial charge in [-0.05, 0) is 48.5 Å². The normalized spacial score (nSPS) is 11.1. The number of hydrogen-bond donors (Lipinski definition) is 0. The number of ether oxygens (including phenoxy) is 1. The SMILES string of the molecule is CN(Cc1ccc(Cl)s1)C(=O)COC(=O)c1ccc(S(=O)(=O)N(C)c2ccccc2)cc1. The van der Waals surface area contributed by atoms with E-state index < -0.39 is 22.6 Å². The summed E-state index contributed by atoms with van der Waals surface area (Å²) in [7, 11) is -0.726. The van der Waals surface area contributed by atoms with Crippen LogP contribution in [0.25, 0.3) is 0 Å². The van der Waals surface area contributed by atoms with Crippen molar-refractivity contribution in [3.8, 4) is 0 Å². The number of benzene rings is 2. The summed E-state index contributed by atoms with van der Waals surface area (Å²) >= 11 is 7.26. The Morgan fingerprint density at radius 3 is 2.22 bits per heavy atom. The molecular formula is C22H21ClN2O5S2. The molecule has 0 unspecified atom stereocenters. The molecule has 2 aromatic carbocycles. The van der Waals surface area contributed by atoms with Crippen LogP contribution in [0.3, 0.4) is 0 Å². The minimum absolute atomic E-state index is 0.0332. The molecule has 1 heterocycles. The lowest BCUT2D eigenvalue weighted by Gasteiger charge is -2.19. The number of halogens is 1. The van der Waals surface area contributed by atoms with Crippen LogP contribution >= 0.6 is 22.9 Å². The third-order valence-electron chi connectivity index (χ3n) is 4.64. The Balaban J connectivity index is 1.59. The summed E-state index contributed by atoms with van der Waals surface area (Å²) in [6.45, 7) is -0.0690. The smallest absolute Gasteiger partial charge is 0.338 e. The number of para-hydroxylation sites is 1. The predicted molar refractivity (Wildman–Crippen MR) is 125 cm³/mol. The van der Waals surface area contributed by atoms with Crippen LogP contribution in [0, 0.1) is 0 Å². The molecule has 0 radical (unpaired) electrons. The first kappa shape index (κ1) is 23.8. The van der Waals surface area contributed by atoms with Gasteiger partial charge in [-0.3, -0.25) is 9.10 Å². The van der Waals surface area contributed by atoms with Crippen molar-refractivity contribution in [3.05, 3.63) is 81.5 Å². The molecule has 0 atom stereocenters. The number of nitrogens with zero attached hydrogens (tertiary/aromatic N) is 2. The quantitative estimate of drug-likeness (QED) is 0.443. The molecule has 0 bridgehead atoms. The molecule has 0 spiro atoms. The number of hydrogen-bond acceptors (Lipinski definition) is 6. The van der Waals surface area contributed by atoms with Gasteiger partial charge in [0.25, 0.3) is 15.9 Å². The average Bonchev–Trinajstić information content (AvgIpc) is 3.21. The topological polar surface area (TPSA) is 84.0 Å². The standard InChI is InChI=1S/C22H21ClN2O5S2/c1-24(14-18-10-13-20(23)31-18)21(26)15-30-22(27)16-8-11-19(12-9-16)32(28,29)25(2)17-6-4-3-5-7-17/h3-13H,14-15H2,1-2H3. The van der Waals surface area contributed by atoms with E-state index >= 15 is 0 Å². The first-order chi connectivity index (χ1) is 15.2. The summed E-state index contributed by atoms with van der Waals surface area (Å²) in [6.07, 6.45) is 0. The number of carbonyl (C=O) groups is 2. The average molecular weight is 493 g/mol. The van der Waals surface area contributed by atoms with Gasteiger partial charge in [-0.1, -0.05) is 29.8 Å². The molecule has 168 valence electrons. The van der Waals surface area contributed by atoms with Crippen LogP contribution in [-0.2, 0) is 26.1 Å². The van der Waals surface area contributed by atoms with E-state index in [1.54, 1.807) is 43.4 Å². The summed E-state index contributed by atoms with van der Waals surface area (Å²) in [5.41, 5.74) is 0.662. The van der Waals surface area contributed by atoms with Crippen LogP contribution in [0.1, 0.15) is 15.2 Å². The van der Waals surface area contributed by atoms with Crippen LogP contribution in [0.5, 0.6) is 0 Å². The lowest BCUT2D eigenvalue weighted by molar-refractivity contribution is -0.133. The van der Waals surface area contributed by atoms with Crippen molar-refractivity contribution in [2.75, 3.05) is 25.0 Å². The number of anilines is 1. The number of amides is 1. The van der Waals surface area contributed by atoms with E-state index in [0.29, 0.717) is 16.6 Å². The van der Waals surface area contributed by atoms with Crippen molar-refractivity contribution >= 4 is 50.5 Å². The Hall–Kier alpha value is -2.88. The fourth-order valence-electron chi connectivity index (χ4n) is 2.78. The van der Waals surface area contributed by atoms with Gasteiger partial charge in [-0.25, -0.2) is 13.2 Å². The van der Waals surface area contributed by atoms with Crippen LogP contribution in [-0.4, -0.2) is 45.9 Å². The number of carbonyl (C=O) groups excluding carboxylic acids is 2. The number of thiophene rings is 1. The Bertz CT molecular complexity index is 1190. The van der Waals surface area contributed by atoms with Gasteiger partial charge < -0.3 is 9.64 Å². The molecule has 0 N–H and O–H groups in total. The molecule has 32 heavy (non-hydrogen) atoms. The first-order valence-electron chi connectivity index (χ1n) is 9.48. The zero-order valence-corrected chi connectivity index (χ0v) is 19.8. The second-order valence-electron chi connectivity index (χ2n) is 6.86. The summed E-state index contributed by atoms with van der Waals surface area (Å²) in [5.74, 6) is -1.09. The van der Waals surface area contributed by atoms with E-state index in [9.17, 15) is 18.0 Å². The molecule has 0 aliphatic heterocycles. The summed E-state index contributed by atoms with van der Waals surface area (Å²) in [4.78, 5) is 26.9. The summed E-state index contributed by atoms with van der Waals surface area (Å²) in [5, 5.41) is 0. The molecule has 7 nitrogen and oxygen atoms in total. The molecule has 3 rings (SSSR count). The third kappa shape index (κ3) is 5.67. The highest BCUT2D eigenvalue weighted by Gasteiger charge is 2.22. The van der Waals surface area contributed by atoms with Gasteiger partial charge >= 0.3 is 5.97 Å². The number of sulfonamides is 1. The minimum atomic E-state index is -3.79. The molecule has 0 aliphatic carbocycles. The van der Waals surface area contributed by atoms with Crippen LogP contribution in [0.4, 0.5) is 5.69 Å². The molecule has 0 fully saturated rings. The maximum absolute atomic E-state index is 12.8. The van der Waals surface area contributed by atoms with E-state index in [1.807, 2.05) is 6.07 Å². The van der Waals surface area contributed by atoms with E-state index in [2.05, 4.69) is 0 Å². The lowest BCUT2D eigenvalue weighted by atomic mass is 10.2. The van der Waals surface area contributed by atoms with Crippen molar-refractivity contribution in [3.63, 3.8) is 0 Å². The molecule has 10 heteroatoms. The number of likely N-dealkylation sites (N-methyl/N-ethyl adjacent to an activating group) is 1. The first-order valence-corrected chi connectivity index (χ1v) is 12.1. The predicted octanol–water partition coefficient (Wildman–Crippen LogP) is 4.04. The monoisotopic (exact) mass is 492 g/mol. The van der Waals surface area contributed by atoms with Gasteiger partial charge in [0.2, 0.25) is 0 Å². The van der Waals surface area contributed by atoms with Crippen molar-refractivity contribution in [2.45, 2.75) is 11.4 Å². The highest BCUT2D eigenvalue weighted by atomic mass is 35.5.